The Morgan fingerprint density at radius 2 is 2.00 bits per heavy atom. The lowest BCUT2D eigenvalue weighted by Crippen LogP contribution is -2.36. The van der Waals surface area contributed by atoms with Crippen molar-refractivity contribution >= 4 is 22.6 Å². The number of hydrogen-bond donors (Lipinski definition) is 1. The first-order valence-electron chi connectivity index (χ1n) is 9.34. The van der Waals surface area contributed by atoms with Crippen molar-refractivity contribution in [2.24, 2.45) is 5.73 Å². The highest BCUT2D eigenvalue weighted by atomic mass is 32.2. The first-order chi connectivity index (χ1) is 14.4. The predicted molar refractivity (Wildman–Crippen MR) is 115 cm³/mol. The molecule has 1 aliphatic rings. The number of aryl methyl sites for hydroxylation is 2. The van der Waals surface area contributed by atoms with Crippen molar-refractivity contribution in [2.75, 3.05) is 0 Å². The second kappa shape index (κ2) is 8.23. The van der Waals surface area contributed by atoms with E-state index in [1.807, 2.05) is 37.1 Å². The quantitative estimate of drug-likeness (QED) is 0.677. The highest BCUT2D eigenvalue weighted by molar-refractivity contribution is 8.09. The van der Waals surface area contributed by atoms with E-state index < -0.39 is 17.1 Å². The average molecular weight is 422 g/mol. The second-order valence-electron chi connectivity index (χ2n) is 7.13. The molecule has 0 aromatic carbocycles. The van der Waals surface area contributed by atoms with Gasteiger partial charge in [-0.25, -0.2) is 4.39 Å². The lowest BCUT2D eigenvalue weighted by molar-refractivity contribution is -0.119. The molecule has 30 heavy (non-hydrogen) atoms. The van der Waals surface area contributed by atoms with Crippen molar-refractivity contribution in [3.05, 3.63) is 83.5 Å². The van der Waals surface area contributed by atoms with Crippen LogP contribution in [-0.2, 0) is 11.3 Å². The Labute approximate surface area is 178 Å². The largest absolute Gasteiger partial charge is 0.367 e. The fourth-order valence-electron chi connectivity index (χ4n) is 3.40. The number of primary amides is 1. The minimum atomic E-state index is -0.578. The fourth-order valence-corrected chi connectivity index (χ4v) is 4.47. The fraction of sp³-hybridized carbons (Fsp3) is 0.182. The molecule has 1 atom stereocenters. The van der Waals surface area contributed by atoms with Gasteiger partial charge in [-0.1, -0.05) is 17.8 Å². The molecule has 1 amide bonds. The number of hydrogen-bond acceptors (Lipinski definition) is 6. The Hall–Kier alpha value is -3.26. The topological polar surface area (TPSA) is 85.0 Å². The van der Waals surface area contributed by atoms with Gasteiger partial charge in [0.05, 0.1) is 11.9 Å². The minimum absolute atomic E-state index is 0.426. The summed E-state index contributed by atoms with van der Waals surface area (Å²) in [6.07, 6.45) is 8.11. The zero-order valence-electron chi connectivity index (χ0n) is 16.5. The number of carbonyl (C=O) groups excluding carboxylic acids is 1. The van der Waals surface area contributed by atoms with Crippen LogP contribution in [0.15, 0.2) is 55.3 Å². The van der Waals surface area contributed by atoms with Crippen LogP contribution < -0.4 is 5.73 Å². The molecule has 8 heteroatoms. The SMILES string of the molecule is Cc1cc(-c2ncc(CN3C=C(c4cncc(F)c4)SC3C(N)=O)cc2C)ccn1. The van der Waals surface area contributed by atoms with Crippen LogP contribution in [0.25, 0.3) is 16.2 Å². The molecule has 3 aromatic heterocycles. The number of halogens is 1. The van der Waals surface area contributed by atoms with Gasteiger partial charge in [0.2, 0.25) is 0 Å². The summed E-state index contributed by atoms with van der Waals surface area (Å²) in [5.74, 6) is -0.881. The van der Waals surface area contributed by atoms with Gasteiger partial charge in [0.15, 0.2) is 5.37 Å². The van der Waals surface area contributed by atoms with E-state index in [0.717, 1.165) is 39.2 Å². The summed E-state index contributed by atoms with van der Waals surface area (Å²) in [5, 5.41) is -0.578. The number of aromatic nitrogens is 3. The van der Waals surface area contributed by atoms with E-state index in [1.165, 1.54) is 17.8 Å². The van der Waals surface area contributed by atoms with Gasteiger partial charge in [-0.15, -0.1) is 0 Å². The van der Waals surface area contributed by atoms with Gasteiger partial charge in [-0.2, -0.15) is 0 Å². The van der Waals surface area contributed by atoms with E-state index in [4.69, 9.17) is 5.73 Å². The van der Waals surface area contributed by atoms with Crippen molar-refractivity contribution in [3.63, 3.8) is 0 Å². The molecule has 0 spiro atoms. The van der Waals surface area contributed by atoms with Crippen LogP contribution in [0.5, 0.6) is 0 Å². The summed E-state index contributed by atoms with van der Waals surface area (Å²) < 4.78 is 13.6. The molecule has 4 heterocycles. The zero-order valence-corrected chi connectivity index (χ0v) is 17.4. The molecule has 1 unspecified atom stereocenters. The Morgan fingerprint density at radius 1 is 1.17 bits per heavy atom. The number of rotatable bonds is 5. The van der Waals surface area contributed by atoms with Crippen molar-refractivity contribution in [2.45, 2.75) is 25.8 Å². The molecule has 1 aliphatic heterocycles. The van der Waals surface area contributed by atoms with Crippen LogP contribution in [0, 0.1) is 19.7 Å². The maximum Gasteiger partial charge on any atom is 0.251 e. The summed E-state index contributed by atoms with van der Waals surface area (Å²) in [5.41, 5.74) is 11.0. The molecular formula is C22H20FN5OS. The number of nitrogens with two attached hydrogens (primary N) is 1. The van der Waals surface area contributed by atoms with Crippen LogP contribution in [-0.4, -0.2) is 31.1 Å². The highest BCUT2D eigenvalue weighted by Crippen LogP contribution is 2.40. The number of amides is 1. The lowest BCUT2D eigenvalue weighted by atomic mass is 10.1. The normalized spacial score (nSPS) is 15.9. The van der Waals surface area contributed by atoms with Crippen LogP contribution in [0.1, 0.15) is 22.4 Å². The van der Waals surface area contributed by atoms with Crippen molar-refractivity contribution in [3.8, 4) is 11.3 Å². The van der Waals surface area contributed by atoms with Gasteiger partial charge in [0.1, 0.15) is 5.82 Å². The summed E-state index contributed by atoms with van der Waals surface area (Å²) in [7, 11) is 0. The van der Waals surface area contributed by atoms with Gasteiger partial charge in [0, 0.05) is 53.1 Å². The molecule has 4 rings (SSSR count). The van der Waals surface area contributed by atoms with Gasteiger partial charge in [-0.05, 0) is 43.2 Å². The molecule has 0 bridgehead atoms. The van der Waals surface area contributed by atoms with Crippen LogP contribution in [0.2, 0.25) is 0 Å². The van der Waals surface area contributed by atoms with Crippen LogP contribution in [0.4, 0.5) is 4.39 Å². The summed E-state index contributed by atoms with van der Waals surface area (Å²) in [6.45, 7) is 4.40. The third-order valence-corrected chi connectivity index (χ3v) is 6.05. The van der Waals surface area contributed by atoms with E-state index in [2.05, 4.69) is 21.0 Å². The van der Waals surface area contributed by atoms with Gasteiger partial charge < -0.3 is 10.6 Å². The molecule has 0 aliphatic carbocycles. The van der Waals surface area contributed by atoms with Crippen molar-refractivity contribution < 1.29 is 9.18 Å². The summed E-state index contributed by atoms with van der Waals surface area (Å²) >= 11 is 1.29. The molecule has 6 nitrogen and oxygen atoms in total. The Balaban J connectivity index is 1.60. The first kappa shape index (κ1) is 20.0. The van der Waals surface area contributed by atoms with E-state index in [-0.39, 0.29) is 0 Å². The zero-order chi connectivity index (χ0) is 21.3. The Morgan fingerprint density at radius 3 is 2.70 bits per heavy atom. The molecule has 152 valence electrons. The van der Waals surface area contributed by atoms with E-state index in [9.17, 15) is 9.18 Å². The van der Waals surface area contributed by atoms with E-state index in [0.29, 0.717) is 12.1 Å². The number of thioether (sulfide) groups is 1. The van der Waals surface area contributed by atoms with Crippen LogP contribution >= 0.6 is 11.8 Å². The molecule has 0 saturated carbocycles. The standard InChI is InChI=1S/C22H20FN5OS/c1-13-5-15(8-27-20(13)16-3-4-26-14(2)6-16)11-28-12-19(30-22(28)21(24)29)17-7-18(23)10-25-9-17/h3-10,12,22H,11H2,1-2H3,(H2,24,29). The Kier molecular flexibility index (Phi) is 5.50. The summed E-state index contributed by atoms with van der Waals surface area (Å²) in [6, 6.07) is 7.38. The number of carbonyl (C=O) groups is 1. The molecular weight excluding hydrogens is 401 g/mol. The first-order valence-corrected chi connectivity index (χ1v) is 10.2. The van der Waals surface area contributed by atoms with Gasteiger partial charge in [-0.3, -0.25) is 19.7 Å². The van der Waals surface area contributed by atoms with Crippen molar-refractivity contribution in [1.29, 1.82) is 0 Å². The lowest BCUT2D eigenvalue weighted by Gasteiger charge is -2.22. The predicted octanol–water partition coefficient (Wildman–Crippen LogP) is 3.65. The maximum atomic E-state index is 13.6. The van der Waals surface area contributed by atoms with E-state index >= 15 is 0 Å². The number of nitrogens with zero attached hydrogens (tertiary/aromatic N) is 4. The maximum absolute atomic E-state index is 13.6. The third kappa shape index (κ3) is 4.18. The molecule has 2 N–H and O–H groups in total. The smallest absolute Gasteiger partial charge is 0.251 e. The van der Waals surface area contributed by atoms with Gasteiger partial charge in [0.25, 0.3) is 5.91 Å². The Bertz CT molecular complexity index is 1150. The monoisotopic (exact) mass is 421 g/mol. The van der Waals surface area contributed by atoms with Crippen LogP contribution in [0.3, 0.4) is 0 Å². The molecule has 0 saturated heterocycles. The van der Waals surface area contributed by atoms with Gasteiger partial charge >= 0.3 is 0 Å². The summed E-state index contributed by atoms with van der Waals surface area (Å²) in [4.78, 5) is 27.3. The minimum Gasteiger partial charge on any atom is -0.367 e. The highest BCUT2D eigenvalue weighted by Gasteiger charge is 2.31. The molecule has 0 fully saturated rings. The number of pyridine rings is 3. The second-order valence-corrected chi connectivity index (χ2v) is 8.25. The average Bonchev–Trinajstić information content (AvgIpc) is 3.12. The van der Waals surface area contributed by atoms with E-state index in [1.54, 1.807) is 18.6 Å². The molecule has 3 aromatic rings. The molecule has 0 radical (unpaired) electrons. The van der Waals surface area contributed by atoms with Crippen molar-refractivity contribution in [1.82, 2.24) is 19.9 Å². The third-order valence-electron chi connectivity index (χ3n) is 4.73.